The SMILES string of the molecule is O=C(C=Cc1ccc(O)cc1)O[C@@H]1[C@@H](O)[C@H](O)[C@@H](CO)O[C@H]1c1c(O[C@@H]2O[C@H](CO)[C@@H](O)[C@H](O)[C@H]2O)ccc2c(=O)cc(-c3ccc(O)cc3)oc12. The van der Waals surface area contributed by atoms with Crippen molar-refractivity contribution in [3.63, 3.8) is 0 Å². The highest BCUT2D eigenvalue weighted by Crippen LogP contribution is 2.43. The number of ether oxygens (including phenoxy) is 4. The molecule has 0 amide bonds. The molecule has 6 rings (SSSR count). The minimum absolute atomic E-state index is 0.00508. The fourth-order valence-corrected chi connectivity index (χ4v) is 6.03. The van der Waals surface area contributed by atoms with Crippen LogP contribution in [0.5, 0.6) is 17.2 Å². The molecule has 3 heterocycles. The Balaban J connectivity index is 1.50. The van der Waals surface area contributed by atoms with Crippen LogP contribution in [-0.4, -0.2) is 120 Å². The van der Waals surface area contributed by atoms with Gasteiger partial charge < -0.3 is 69.3 Å². The summed E-state index contributed by atoms with van der Waals surface area (Å²) in [7, 11) is 0. The van der Waals surface area contributed by atoms with Gasteiger partial charge in [-0.2, -0.15) is 0 Å². The first-order chi connectivity index (χ1) is 24.9. The van der Waals surface area contributed by atoms with Crippen LogP contribution < -0.4 is 10.2 Å². The Morgan fingerprint density at radius 1 is 0.750 bits per heavy atom. The van der Waals surface area contributed by atoms with Crippen LogP contribution in [0.4, 0.5) is 0 Å². The summed E-state index contributed by atoms with van der Waals surface area (Å²) in [5.74, 6) is -1.39. The molecule has 9 N–H and O–H groups in total. The maximum absolute atomic E-state index is 13.5. The number of phenols is 2. The van der Waals surface area contributed by atoms with E-state index in [9.17, 15) is 55.5 Å². The van der Waals surface area contributed by atoms with Crippen molar-refractivity contribution in [2.75, 3.05) is 13.2 Å². The number of carbonyl (C=O) groups is 1. The summed E-state index contributed by atoms with van der Waals surface area (Å²) in [5.41, 5.74) is -0.204. The van der Waals surface area contributed by atoms with Gasteiger partial charge in [0.1, 0.15) is 77.4 Å². The Labute approximate surface area is 294 Å². The van der Waals surface area contributed by atoms with Gasteiger partial charge in [-0.15, -0.1) is 0 Å². The first kappa shape index (κ1) is 36.9. The molecule has 0 spiro atoms. The van der Waals surface area contributed by atoms with Crippen molar-refractivity contribution in [2.24, 2.45) is 0 Å². The zero-order chi connectivity index (χ0) is 37.3. The van der Waals surface area contributed by atoms with Crippen LogP contribution in [0, 0.1) is 0 Å². The Morgan fingerprint density at radius 3 is 2.02 bits per heavy atom. The van der Waals surface area contributed by atoms with Gasteiger partial charge in [-0.25, -0.2) is 4.79 Å². The molecular formula is C36H36O16. The van der Waals surface area contributed by atoms with Crippen molar-refractivity contribution in [3.05, 3.63) is 94.2 Å². The largest absolute Gasteiger partial charge is 0.508 e. The molecule has 0 unspecified atom stereocenters. The molecule has 1 aromatic heterocycles. The summed E-state index contributed by atoms with van der Waals surface area (Å²) in [4.78, 5) is 26.7. The number of aliphatic hydroxyl groups is 7. The molecular weight excluding hydrogens is 688 g/mol. The number of fused-ring (bicyclic) bond motifs is 1. The molecule has 0 radical (unpaired) electrons. The zero-order valence-electron chi connectivity index (χ0n) is 27.1. The molecule has 2 fully saturated rings. The van der Waals surface area contributed by atoms with E-state index < -0.39 is 85.8 Å². The van der Waals surface area contributed by atoms with E-state index in [4.69, 9.17) is 23.4 Å². The van der Waals surface area contributed by atoms with Gasteiger partial charge in [0.2, 0.25) is 6.29 Å². The summed E-state index contributed by atoms with van der Waals surface area (Å²) in [6.45, 7) is -1.60. The summed E-state index contributed by atoms with van der Waals surface area (Å²) < 4.78 is 29.5. The van der Waals surface area contributed by atoms with Gasteiger partial charge in [-0.1, -0.05) is 12.1 Å². The van der Waals surface area contributed by atoms with E-state index in [1.807, 2.05) is 0 Å². The number of hydrogen-bond donors (Lipinski definition) is 9. The molecule has 0 bridgehead atoms. The van der Waals surface area contributed by atoms with Crippen molar-refractivity contribution in [1.82, 2.24) is 0 Å². The summed E-state index contributed by atoms with van der Waals surface area (Å²) in [6.07, 6.45) is -14.9. The van der Waals surface area contributed by atoms with E-state index in [-0.39, 0.29) is 39.5 Å². The second-order valence-electron chi connectivity index (χ2n) is 12.3. The van der Waals surface area contributed by atoms with Crippen LogP contribution in [0.1, 0.15) is 17.2 Å². The molecule has 0 saturated carbocycles. The highest BCUT2D eigenvalue weighted by atomic mass is 16.7. The Hall–Kier alpha value is -4.88. The predicted molar refractivity (Wildman–Crippen MR) is 178 cm³/mol. The lowest BCUT2D eigenvalue weighted by atomic mass is 9.89. The molecule has 10 atom stereocenters. The fourth-order valence-electron chi connectivity index (χ4n) is 6.03. The normalized spacial score (nSPS) is 29.3. The number of esters is 1. The lowest BCUT2D eigenvalue weighted by Gasteiger charge is -2.43. The summed E-state index contributed by atoms with van der Waals surface area (Å²) >= 11 is 0. The maximum Gasteiger partial charge on any atom is 0.331 e. The van der Waals surface area contributed by atoms with Crippen LogP contribution in [0.3, 0.4) is 0 Å². The van der Waals surface area contributed by atoms with Crippen molar-refractivity contribution >= 4 is 23.0 Å². The van der Waals surface area contributed by atoms with Crippen LogP contribution >= 0.6 is 0 Å². The van der Waals surface area contributed by atoms with E-state index in [1.54, 1.807) is 0 Å². The maximum atomic E-state index is 13.5. The van der Waals surface area contributed by atoms with E-state index in [1.165, 1.54) is 72.8 Å². The highest BCUT2D eigenvalue weighted by molar-refractivity contribution is 5.88. The van der Waals surface area contributed by atoms with Crippen molar-refractivity contribution in [1.29, 1.82) is 0 Å². The van der Waals surface area contributed by atoms with Crippen LogP contribution in [0.15, 0.2) is 82.0 Å². The average Bonchev–Trinajstić information content (AvgIpc) is 3.14. The molecule has 0 aliphatic carbocycles. The quantitative estimate of drug-likeness (QED) is 0.0801. The van der Waals surface area contributed by atoms with Crippen LogP contribution in [0.2, 0.25) is 0 Å². The molecule has 2 saturated heterocycles. The van der Waals surface area contributed by atoms with Gasteiger partial charge in [-0.3, -0.25) is 4.79 Å². The first-order valence-electron chi connectivity index (χ1n) is 16.1. The Bertz CT molecular complexity index is 1960. The lowest BCUT2D eigenvalue weighted by molar-refractivity contribution is -0.278. The van der Waals surface area contributed by atoms with Crippen LogP contribution in [0.25, 0.3) is 28.4 Å². The number of aliphatic hydroxyl groups excluding tert-OH is 7. The monoisotopic (exact) mass is 724 g/mol. The van der Waals surface area contributed by atoms with Crippen molar-refractivity contribution in [2.45, 2.75) is 61.2 Å². The van der Waals surface area contributed by atoms with Gasteiger partial charge in [-0.05, 0) is 60.2 Å². The second-order valence-corrected chi connectivity index (χ2v) is 12.3. The second kappa shape index (κ2) is 15.4. The minimum Gasteiger partial charge on any atom is -0.508 e. The van der Waals surface area contributed by atoms with E-state index in [2.05, 4.69) is 0 Å². The minimum atomic E-state index is -1.91. The number of carbonyl (C=O) groups excluding carboxylic acids is 1. The Kier molecular flexibility index (Phi) is 10.9. The number of phenolic OH excluding ortho intramolecular Hbond substituents is 2. The predicted octanol–water partition coefficient (Wildman–Crippen LogP) is -0.171. The smallest absolute Gasteiger partial charge is 0.331 e. The molecule has 276 valence electrons. The van der Waals surface area contributed by atoms with E-state index >= 15 is 0 Å². The van der Waals surface area contributed by atoms with Gasteiger partial charge >= 0.3 is 5.97 Å². The van der Waals surface area contributed by atoms with E-state index in [0.29, 0.717) is 11.1 Å². The third-order valence-electron chi connectivity index (χ3n) is 8.85. The van der Waals surface area contributed by atoms with Gasteiger partial charge in [0.15, 0.2) is 11.5 Å². The molecule has 52 heavy (non-hydrogen) atoms. The van der Waals surface area contributed by atoms with Crippen molar-refractivity contribution in [3.8, 4) is 28.6 Å². The molecule has 4 aromatic rings. The highest BCUT2D eigenvalue weighted by Gasteiger charge is 2.50. The fraction of sp³-hybridized carbons (Fsp3) is 0.333. The summed E-state index contributed by atoms with van der Waals surface area (Å²) in [5, 5.41) is 92.8. The molecule has 16 nitrogen and oxygen atoms in total. The van der Waals surface area contributed by atoms with Gasteiger partial charge in [0, 0.05) is 17.7 Å². The number of aromatic hydroxyl groups is 2. The summed E-state index contributed by atoms with van der Waals surface area (Å²) in [6, 6.07) is 15.2. The third-order valence-corrected chi connectivity index (χ3v) is 8.85. The molecule has 16 heteroatoms. The molecule has 3 aromatic carbocycles. The molecule has 2 aliphatic rings. The van der Waals surface area contributed by atoms with Gasteiger partial charge in [0.05, 0.1) is 24.2 Å². The zero-order valence-corrected chi connectivity index (χ0v) is 27.1. The lowest BCUT2D eigenvalue weighted by Crippen LogP contribution is -2.60. The Morgan fingerprint density at radius 2 is 1.37 bits per heavy atom. The van der Waals surface area contributed by atoms with Crippen molar-refractivity contribution < 1.29 is 74.1 Å². The standard InChI is InChI=1S/C36H36O16/c37-14-24-29(44)31(46)35(52-26(42)12-3-16-1-6-18(39)7-2-16)34(49-24)27-22(50-36-32(47)30(45)28(43)25(15-38)51-36)11-10-20-21(41)13-23(48-33(20)27)17-4-8-19(40)9-5-17/h1-13,24-25,28-32,34-40,43-47H,14-15H2/t24-,25-,28-,29-,30+,31+,32-,34+,35-,36-/m1/s1. The van der Waals surface area contributed by atoms with Crippen LogP contribution in [-0.2, 0) is 19.0 Å². The topological polar surface area (TPSA) is 266 Å². The van der Waals surface area contributed by atoms with Gasteiger partial charge in [0.25, 0.3) is 0 Å². The number of benzene rings is 3. The first-order valence-corrected chi connectivity index (χ1v) is 16.1. The third kappa shape index (κ3) is 7.38. The van der Waals surface area contributed by atoms with E-state index in [0.717, 1.165) is 6.08 Å². The molecule has 2 aliphatic heterocycles. The average molecular weight is 725 g/mol. The number of hydrogen-bond acceptors (Lipinski definition) is 16. The number of rotatable bonds is 9.